The van der Waals surface area contributed by atoms with Gasteiger partial charge in [0.2, 0.25) is 0 Å². The van der Waals surface area contributed by atoms with Crippen LogP contribution in [0.1, 0.15) is 20.9 Å². The average molecular weight is 385 g/mol. The molecule has 0 spiro atoms. The van der Waals surface area contributed by atoms with Gasteiger partial charge in [-0.1, -0.05) is 24.1 Å². The van der Waals surface area contributed by atoms with Crippen molar-refractivity contribution in [2.75, 3.05) is 5.73 Å². The van der Waals surface area contributed by atoms with Crippen LogP contribution < -0.4 is 11.1 Å². The van der Waals surface area contributed by atoms with Gasteiger partial charge in [-0.3, -0.25) is 9.78 Å². The molecule has 0 atom stereocenters. The molecule has 0 aliphatic carbocycles. The van der Waals surface area contributed by atoms with Gasteiger partial charge < -0.3 is 11.1 Å². The molecule has 0 radical (unpaired) electrons. The molecule has 0 aliphatic rings. The highest BCUT2D eigenvalue weighted by Crippen LogP contribution is 2.30. The summed E-state index contributed by atoms with van der Waals surface area (Å²) in [4.78, 5) is 26.8. The van der Waals surface area contributed by atoms with E-state index >= 15 is 0 Å². The van der Waals surface area contributed by atoms with Crippen LogP contribution >= 0.6 is 11.3 Å². The monoisotopic (exact) mass is 385 g/mol. The molecule has 4 rings (SSSR count). The number of carbonyl (C=O) groups excluding carboxylic acids is 1. The number of nitrogens with zero attached hydrogens (tertiary/aromatic N) is 3. The van der Waals surface area contributed by atoms with E-state index in [0.717, 1.165) is 16.8 Å². The first-order chi connectivity index (χ1) is 13.6. The quantitative estimate of drug-likeness (QED) is 0.526. The number of nitrogen functional groups attached to an aromatic ring is 1. The van der Waals surface area contributed by atoms with Crippen LogP contribution in [0.15, 0.2) is 54.7 Å². The lowest BCUT2D eigenvalue weighted by atomic mass is 10.1. The van der Waals surface area contributed by atoms with Crippen LogP contribution in [0.5, 0.6) is 0 Å². The second kappa shape index (κ2) is 7.47. The average Bonchev–Trinajstić information content (AvgIpc) is 3.18. The van der Waals surface area contributed by atoms with Crippen molar-refractivity contribution in [1.82, 2.24) is 20.3 Å². The van der Waals surface area contributed by atoms with Crippen molar-refractivity contribution in [3.05, 3.63) is 70.9 Å². The fourth-order valence-electron chi connectivity index (χ4n) is 2.69. The molecule has 3 aromatic heterocycles. The number of thiophene rings is 1. The van der Waals surface area contributed by atoms with Gasteiger partial charge in [0.05, 0.1) is 22.5 Å². The Kier molecular flexibility index (Phi) is 4.70. The number of rotatable bonds is 4. The van der Waals surface area contributed by atoms with E-state index in [-0.39, 0.29) is 5.91 Å². The van der Waals surface area contributed by atoms with Crippen molar-refractivity contribution in [2.45, 2.75) is 6.54 Å². The topological polar surface area (TPSA) is 93.8 Å². The maximum absolute atomic E-state index is 12.5. The van der Waals surface area contributed by atoms with Crippen molar-refractivity contribution in [2.24, 2.45) is 0 Å². The lowest BCUT2D eigenvalue weighted by molar-refractivity contribution is 0.0954. The minimum Gasteiger partial charge on any atom is -0.383 e. The van der Waals surface area contributed by atoms with E-state index in [1.54, 1.807) is 12.3 Å². The molecule has 3 heterocycles. The van der Waals surface area contributed by atoms with Gasteiger partial charge >= 0.3 is 0 Å². The lowest BCUT2D eigenvalue weighted by Crippen LogP contribution is -2.22. The molecule has 136 valence electrons. The van der Waals surface area contributed by atoms with Gasteiger partial charge in [0.15, 0.2) is 5.82 Å². The Hall–Kier alpha value is -3.76. The number of anilines is 1. The van der Waals surface area contributed by atoms with Crippen LogP contribution in [-0.2, 0) is 6.54 Å². The van der Waals surface area contributed by atoms with E-state index in [9.17, 15) is 4.79 Å². The van der Waals surface area contributed by atoms with Gasteiger partial charge in [-0.05, 0) is 30.3 Å². The number of nitrogens with one attached hydrogen (secondary N) is 1. The summed E-state index contributed by atoms with van der Waals surface area (Å²) < 4.78 is 0. The number of benzene rings is 1. The number of aromatic nitrogens is 3. The molecular weight excluding hydrogens is 370 g/mol. The van der Waals surface area contributed by atoms with Gasteiger partial charge in [0, 0.05) is 17.3 Å². The van der Waals surface area contributed by atoms with Crippen LogP contribution in [0.25, 0.3) is 21.6 Å². The van der Waals surface area contributed by atoms with E-state index in [2.05, 4.69) is 26.2 Å². The highest BCUT2D eigenvalue weighted by Gasteiger charge is 2.15. The van der Waals surface area contributed by atoms with E-state index in [0.29, 0.717) is 33.3 Å². The van der Waals surface area contributed by atoms with Crippen molar-refractivity contribution >= 4 is 33.3 Å². The number of hydrogen-bond acceptors (Lipinski definition) is 6. The molecule has 6 nitrogen and oxygen atoms in total. The molecule has 28 heavy (non-hydrogen) atoms. The molecule has 0 bridgehead atoms. The van der Waals surface area contributed by atoms with Crippen molar-refractivity contribution in [3.8, 4) is 23.7 Å². The maximum atomic E-state index is 12.5. The largest absolute Gasteiger partial charge is 0.383 e. The third-order valence-corrected chi connectivity index (χ3v) is 5.12. The van der Waals surface area contributed by atoms with Crippen LogP contribution in [0.3, 0.4) is 0 Å². The highest BCUT2D eigenvalue weighted by atomic mass is 32.1. The van der Waals surface area contributed by atoms with Gasteiger partial charge in [-0.15, -0.1) is 17.8 Å². The Morgan fingerprint density at radius 2 is 2.07 bits per heavy atom. The summed E-state index contributed by atoms with van der Waals surface area (Å²) in [5, 5.41) is 3.51. The lowest BCUT2D eigenvalue weighted by Gasteiger charge is -2.03. The first-order valence-corrected chi connectivity index (χ1v) is 9.28. The van der Waals surface area contributed by atoms with Crippen molar-refractivity contribution in [3.63, 3.8) is 0 Å². The zero-order valence-electron chi connectivity index (χ0n) is 14.7. The molecule has 1 aromatic carbocycles. The summed E-state index contributed by atoms with van der Waals surface area (Å²) in [7, 11) is 0. The number of fused-ring (bicyclic) bond motifs is 1. The number of carbonyl (C=O) groups is 1. The Morgan fingerprint density at radius 1 is 1.18 bits per heavy atom. The van der Waals surface area contributed by atoms with Crippen molar-refractivity contribution < 1.29 is 4.79 Å². The molecule has 1 amide bonds. The first kappa shape index (κ1) is 17.6. The molecule has 0 fully saturated rings. The Morgan fingerprint density at radius 3 is 2.86 bits per heavy atom. The van der Waals surface area contributed by atoms with Gasteiger partial charge in [0.1, 0.15) is 10.6 Å². The zero-order chi connectivity index (χ0) is 19.5. The summed E-state index contributed by atoms with van der Waals surface area (Å²) in [5.74, 6) is 3.19. The third-order valence-electron chi connectivity index (χ3n) is 4.09. The predicted octanol–water partition coefficient (Wildman–Crippen LogP) is 3.25. The van der Waals surface area contributed by atoms with E-state index in [4.69, 9.17) is 12.2 Å². The molecular formula is C21H15N5OS. The van der Waals surface area contributed by atoms with Crippen LogP contribution in [0.2, 0.25) is 0 Å². The molecule has 0 unspecified atom stereocenters. The molecule has 0 saturated heterocycles. The Bertz CT molecular complexity index is 1210. The zero-order valence-corrected chi connectivity index (χ0v) is 15.5. The van der Waals surface area contributed by atoms with Crippen LogP contribution in [0, 0.1) is 12.3 Å². The number of amides is 1. The third kappa shape index (κ3) is 3.54. The smallest absolute Gasteiger partial charge is 0.261 e. The fraction of sp³-hybridized carbons (Fsp3) is 0.0476. The minimum atomic E-state index is -0.205. The maximum Gasteiger partial charge on any atom is 0.261 e. The van der Waals surface area contributed by atoms with Gasteiger partial charge in [-0.25, -0.2) is 9.97 Å². The standard InChI is InChI=1S/C21H15N5OS/c1-2-13-6-5-7-14(10-13)19-25-18(22)16-11-17(28-21(16)26-19)20(27)24-12-15-8-3-4-9-23-15/h1,3-11H,12H2,(H,24,27)(H2,22,25,26). The predicted molar refractivity (Wildman–Crippen MR) is 111 cm³/mol. The summed E-state index contributed by atoms with van der Waals surface area (Å²) in [6, 6.07) is 14.6. The minimum absolute atomic E-state index is 0.205. The number of nitrogens with two attached hydrogens (primary N) is 1. The summed E-state index contributed by atoms with van der Waals surface area (Å²) >= 11 is 1.27. The summed E-state index contributed by atoms with van der Waals surface area (Å²) in [5.41, 5.74) is 8.41. The first-order valence-electron chi connectivity index (χ1n) is 8.46. The number of hydrogen-bond donors (Lipinski definition) is 2. The van der Waals surface area contributed by atoms with Crippen LogP contribution in [-0.4, -0.2) is 20.9 Å². The van der Waals surface area contributed by atoms with Crippen LogP contribution in [0.4, 0.5) is 5.82 Å². The highest BCUT2D eigenvalue weighted by molar-refractivity contribution is 7.20. The van der Waals surface area contributed by atoms with E-state index in [1.807, 2.05) is 42.5 Å². The van der Waals surface area contributed by atoms with E-state index < -0.39 is 0 Å². The summed E-state index contributed by atoms with van der Waals surface area (Å²) in [6.07, 6.45) is 7.15. The Labute approximate surface area is 165 Å². The van der Waals surface area contributed by atoms with E-state index in [1.165, 1.54) is 11.3 Å². The second-order valence-corrected chi connectivity index (χ2v) is 7.02. The van der Waals surface area contributed by atoms with Gasteiger partial charge in [-0.2, -0.15) is 0 Å². The number of terminal acetylenes is 1. The fourth-order valence-corrected chi connectivity index (χ4v) is 3.65. The Balaban J connectivity index is 1.62. The second-order valence-electron chi connectivity index (χ2n) is 5.99. The molecule has 4 aromatic rings. The molecule has 3 N–H and O–H groups in total. The molecule has 0 aliphatic heterocycles. The molecule has 0 saturated carbocycles. The SMILES string of the molecule is C#Cc1cccc(-c2nc(N)c3cc(C(=O)NCc4ccccn4)sc3n2)c1. The molecule has 7 heteroatoms. The summed E-state index contributed by atoms with van der Waals surface area (Å²) in [6.45, 7) is 0.346. The van der Waals surface area contributed by atoms with Gasteiger partial charge in [0.25, 0.3) is 5.91 Å². The number of pyridine rings is 1. The normalized spacial score (nSPS) is 10.5. The van der Waals surface area contributed by atoms with Crippen molar-refractivity contribution in [1.29, 1.82) is 0 Å².